The van der Waals surface area contributed by atoms with E-state index < -0.39 is 18.3 Å². The minimum atomic E-state index is -0.554. The van der Waals surface area contributed by atoms with Crippen LogP contribution in [0.5, 0.6) is 0 Å². The summed E-state index contributed by atoms with van der Waals surface area (Å²) in [7, 11) is -0.554. The summed E-state index contributed by atoms with van der Waals surface area (Å²) in [6.45, 7) is 8.27. The fourth-order valence-electron chi connectivity index (χ4n) is 4.62. The predicted octanol–water partition coefficient (Wildman–Crippen LogP) is 6.33. The molecule has 5 nitrogen and oxygen atoms in total. The summed E-state index contributed by atoms with van der Waals surface area (Å²) in [6, 6.07) is 32.5. The maximum atomic E-state index is 6.50. The Morgan fingerprint density at radius 2 is 1.03 bits per heavy atom. The fourth-order valence-corrected chi connectivity index (χ4v) is 4.62. The van der Waals surface area contributed by atoms with Gasteiger partial charge in [-0.25, -0.2) is 15.0 Å². The smallest absolute Gasteiger partial charge is 0.399 e. The molecule has 0 atom stereocenters. The van der Waals surface area contributed by atoms with Gasteiger partial charge in [-0.05, 0) is 43.9 Å². The lowest BCUT2D eigenvalue weighted by atomic mass is 9.74. The Hall–Kier alpha value is -3.87. The third-order valence-corrected chi connectivity index (χ3v) is 7.39. The van der Waals surface area contributed by atoms with Crippen LogP contribution in [0.2, 0.25) is 0 Å². The Kier molecular flexibility index (Phi) is 5.66. The molecule has 1 aromatic heterocycles. The number of hydrogen-bond acceptors (Lipinski definition) is 5. The standard InChI is InChI=1S/C31H28BN3O2/c1-30(2)31(3,4)37-32(36-30)25-20-19-21-13-11-12-18-24(21)26(25)29-34-27(22-14-7-5-8-15-22)33-28(35-29)23-16-9-6-10-17-23/h5-20H,1-4H3. The van der Waals surface area contributed by atoms with Crippen molar-refractivity contribution in [1.29, 1.82) is 0 Å². The highest BCUT2D eigenvalue weighted by Gasteiger charge is 2.52. The van der Waals surface area contributed by atoms with Gasteiger partial charge < -0.3 is 9.31 Å². The van der Waals surface area contributed by atoms with E-state index in [9.17, 15) is 0 Å². The number of benzene rings is 4. The zero-order chi connectivity index (χ0) is 25.6. The Morgan fingerprint density at radius 3 is 1.59 bits per heavy atom. The summed E-state index contributed by atoms with van der Waals surface area (Å²) in [5, 5.41) is 2.14. The zero-order valence-electron chi connectivity index (χ0n) is 21.5. The van der Waals surface area contributed by atoms with Crippen molar-refractivity contribution in [3.05, 3.63) is 97.1 Å². The van der Waals surface area contributed by atoms with Gasteiger partial charge >= 0.3 is 7.12 Å². The van der Waals surface area contributed by atoms with E-state index in [0.29, 0.717) is 17.5 Å². The van der Waals surface area contributed by atoms with Gasteiger partial charge in [0.2, 0.25) is 0 Å². The lowest BCUT2D eigenvalue weighted by Gasteiger charge is -2.32. The second-order valence-corrected chi connectivity index (χ2v) is 10.4. The van der Waals surface area contributed by atoms with Crippen LogP contribution in [0.25, 0.3) is 44.9 Å². The van der Waals surface area contributed by atoms with Crippen LogP contribution in [0.15, 0.2) is 97.1 Å². The number of nitrogens with zero attached hydrogens (tertiary/aromatic N) is 3. The van der Waals surface area contributed by atoms with Gasteiger partial charge in [-0.2, -0.15) is 0 Å². The van der Waals surface area contributed by atoms with Gasteiger partial charge in [0.1, 0.15) is 0 Å². The number of fused-ring (bicyclic) bond motifs is 1. The molecule has 182 valence electrons. The number of hydrogen-bond donors (Lipinski definition) is 0. The van der Waals surface area contributed by atoms with Gasteiger partial charge in [-0.3, -0.25) is 0 Å². The van der Waals surface area contributed by atoms with Crippen molar-refractivity contribution in [2.45, 2.75) is 38.9 Å². The van der Waals surface area contributed by atoms with Crippen molar-refractivity contribution in [2.24, 2.45) is 0 Å². The second-order valence-electron chi connectivity index (χ2n) is 10.4. The highest BCUT2D eigenvalue weighted by Crippen LogP contribution is 2.38. The highest BCUT2D eigenvalue weighted by molar-refractivity contribution is 6.64. The molecule has 2 heterocycles. The molecule has 0 radical (unpaired) electrons. The minimum Gasteiger partial charge on any atom is -0.399 e. The molecule has 0 N–H and O–H groups in total. The number of rotatable bonds is 4. The molecule has 1 fully saturated rings. The van der Waals surface area contributed by atoms with Crippen molar-refractivity contribution in [3.63, 3.8) is 0 Å². The van der Waals surface area contributed by atoms with Crippen LogP contribution in [0.4, 0.5) is 0 Å². The monoisotopic (exact) mass is 485 g/mol. The summed E-state index contributed by atoms with van der Waals surface area (Å²) < 4.78 is 13.0. The zero-order valence-corrected chi connectivity index (χ0v) is 21.5. The van der Waals surface area contributed by atoms with Gasteiger partial charge in [0.05, 0.1) is 11.2 Å². The molecule has 1 aliphatic heterocycles. The van der Waals surface area contributed by atoms with Gasteiger partial charge in [0.25, 0.3) is 0 Å². The molecular weight excluding hydrogens is 457 g/mol. The maximum Gasteiger partial charge on any atom is 0.495 e. The van der Waals surface area contributed by atoms with E-state index in [0.717, 1.165) is 32.9 Å². The van der Waals surface area contributed by atoms with Crippen molar-refractivity contribution in [2.75, 3.05) is 0 Å². The quantitative estimate of drug-likeness (QED) is 0.279. The molecule has 6 heteroatoms. The molecule has 1 saturated heterocycles. The Balaban J connectivity index is 1.62. The third-order valence-electron chi connectivity index (χ3n) is 7.39. The predicted molar refractivity (Wildman–Crippen MR) is 149 cm³/mol. The van der Waals surface area contributed by atoms with Crippen molar-refractivity contribution in [3.8, 4) is 34.2 Å². The van der Waals surface area contributed by atoms with Crippen LogP contribution in [0.1, 0.15) is 27.7 Å². The van der Waals surface area contributed by atoms with E-state index in [1.54, 1.807) is 0 Å². The maximum absolute atomic E-state index is 6.50. The molecule has 6 rings (SSSR count). The average Bonchev–Trinajstić information content (AvgIpc) is 3.15. The van der Waals surface area contributed by atoms with E-state index in [-0.39, 0.29) is 0 Å². The average molecular weight is 485 g/mol. The third kappa shape index (κ3) is 4.22. The minimum absolute atomic E-state index is 0.468. The second kappa shape index (κ2) is 8.91. The molecular formula is C31H28BN3O2. The highest BCUT2D eigenvalue weighted by atomic mass is 16.7. The topological polar surface area (TPSA) is 57.1 Å². The molecule has 0 amide bonds. The van der Waals surface area contributed by atoms with E-state index in [1.165, 1.54) is 0 Å². The molecule has 0 spiro atoms. The lowest BCUT2D eigenvalue weighted by molar-refractivity contribution is 0.00578. The first-order valence-electron chi connectivity index (χ1n) is 12.6. The first-order valence-corrected chi connectivity index (χ1v) is 12.6. The van der Waals surface area contributed by atoms with E-state index in [2.05, 4.69) is 52.0 Å². The van der Waals surface area contributed by atoms with Crippen LogP contribution in [-0.2, 0) is 9.31 Å². The summed E-state index contributed by atoms with van der Waals surface area (Å²) in [5.41, 5.74) is 2.73. The molecule has 4 aromatic carbocycles. The van der Waals surface area contributed by atoms with E-state index >= 15 is 0 Å². The Labute approximate surface area is 217 Å². The normalized spacial score (nSPS) is 16.3. The largest absolute Gasteiger partial charge is 0.495 e. The summed E-state index contributed by atoms with van der Waals surface area (Å²) in [6.07, 6.45) is 0. The van der Waals surface area contributed by atoms with Gasteiger partial charge in [0, 0.05) is 16.7 Å². The summed E-state index contributed by atoms with van der Waals surface area (Å²) >= 11 is 0. The first kappa shape index (κ1) is 23.5. The SMILES string of the molecule is CC1(C)OB(c2ccc3ccccc3c2-c2nc(-c3ccccc3)nc(-c3ccccc3)n2)OC1(C)C. The molecule has 37 heavy (non-hydrogen) atoms. The van der Waals surface area contributed by atoms with Crippen LogP contribution in [0, 0.1) is 0 Å². The van der Waals surface area contributed by atoms with E-state index in [1.807, 2.05) is 72.8 Å². The fraction of sp³-hybridized carbons (Fsp3) is 0.194. The Bertz CT molecular complexity index is 1510. The van der Waals surface area contributed by atoms with Crippen molar-refractivity contribution in [1.82, 2.24) is 15.0 Å². The molecule has 5 aromatic rings. The Morgan fingerprint density at radius 1 is 0.541 bits per heavy atom. The van der Waals surface area contributed by atoms with Gasteiger partial charge in [-0.15, -0.1) is 0 Å². The molecule has 0 unspecified atom stereocenters. The molecule has 0 saturated carbocycles. The van der Waals surface area contributed by atoms with Crippen LogP contribution in [0.3, 0.4) is 0 Å². The lowest BCUT2D eigenvalue weighted by Crippen LogP contribution is -2.41. The van der Waals surface area contributed by atoms with Gasteiger partial charge in [0.15, 0.2) is 17.5 Å². The first-order chi connectivity index (χ1) is 17.8. The molecule has 1 aliphatic rings. The summed E-state index contributed by atoms with van der Waals surface area (Å²) in [5.74, 6) is 1.84. The van der Waals surface area contributed by atoms with Crippen molar-refractivity contribution >= 4 is 23.4 Å². The van der Waals surface area contributed by atoms with Crippen LogP contribution >= 0.6 is 0 Å². The molecule has 0 aliphatic carbocycles. The van der Waals surface area contributed by atoms with Gasteiger partial charge in [-0.1, -0.05) is 97.1 Å². The number of aromatic nitrogens is 3. The van der Waals surface area contributed by atoms with Crippen LogP contribution in [-0.4, -0.2) is 33.3 Å². The molecule has 0 bridgehead atoms. The van der Waals surface area contributed by atoms with Crippen molar-refractivity contribution < 1.29 is 9.31 Å². The van der Waals surface area contributed by atoms with Crippen LogP contribution < -0.4 is 5.46 Å². The van der Waals surface area contributed by atoms with E-state index in [4.69, 9.17) is 24.3 Å². The summed E-state index contributed by atoms with van der Waals surface area (Å²) in [4.78, 5) is 14.9.